The first kappa shape index (κ1) is 16.6. The summed E-state index contributed by atoms with van der Waals surface area (Å²) in [6.07, 6.45) is 0.381. The van der Waals surface area contributed by atoms with Crippen LogP contribution in [0.25, 0.3) is 0 Å². The number of benzene rings is 1. The molecule has 0 bridgehead atoms. The molecule has 120 valence electrons. The maximum absolute atomic E-state index is 11.9. The smallest absolute Gasteiger partial charge is 0.337 e. The number of amides is 2. The standard InChI is InChI=1S/C13H15ClN2O5S/c1-21-12(17)8-2-3-10(14)11(6-8)16-13(18)15-9-4-5-22(19,20)7-9/h2-3,6,9H,4-5,7H2,1H3,(H2,15,16,18). The Morgan fingerprint density at radius 3 is 2.68 bits per heavy atom. The van der Waals surface area contributed by atoms with Crippen LogP contribution in [0, 0.1) is 0 Å². The van der Waals surface area contributed by atoms with E-state index in [-0.39, 0.29) is 27.8 Å². The lowest BCUT2D eigenvalue weighted by atomic mass is 10.2. The number of rotatable bonds is 3. The quantitative estimate of drug-likeness (QED) is 0.806. The Morgan fingerprint density at radius 2 is 2.09 bits per heavy atom. The molecule has 0 spiro atoms. The predicted molar refractivity (Wildman–Crippen MR) is 82.0 cm³/mol. The first-order valence-electron chi connectivity index (χ1n) is 6.46. The molecular formula is C13H15ClN2O5S. The third-order valence-electron chi connectivity index (χ3n) is 3.20. The molecular weight excluding hydrogens is 332 g/mol. The number of esters is 1. The van der Waals surface area contributed by atoms with E-state index in [1.807, 2.05) is 0 Å². The molecule has 1 fully saturated rings. The Bertz CT molecular complexity index is 704. The number of halogens is 1. The number of methoxy groups -OCH3 is 1. The normalized spacial score (nSPS) is 19.5. The van der Waals surface area contributed by atoms with Crippen molar-refractivity contribution in [3.8, 4) is 0 Å². The SMILES string of the molecule is COC(=O)c1ccc(Cl)c(NC(=O)NC2CCS(=O)(=O)C2)c1. The van der Waals surface area contributed by atoms with Gasteiger partial charge in [0.05, 0.1) is 34.9 Å². The maximum Gasteiger partial charge on any atom is 0.337 e. The summed E-state index contributed by atoms with van der Waals surface area (Å²) >= 11 is 5.96. The number of carbonyl (C=O) groups is 2. The summed E-state index contributed by atoms with van der Waals surface area (Å²) in [5.74, 6) is -0.561. The zero-order chi connectivity index (χ0) is 16.3. The van der Waals surface area contributed by atoms with Crippen LogP contribution in [0.4, 0.5) is 10.5 Å². The average Bonchev–Trinajstić information content (AvgIpc) is 2.79. The second-order valence-corrected chi connectivity index (χ2v) is 7.52. The number of carbonyl (C=O) groups excluding carboxylic acids is 2. The van der Waals surface area contributed by atoms with E-state index in [9.17, 15) is 18.0 Å². The Balaban J connectivity index is 2.04. The minimum absolute atomic E-state index is 0.0660. The van der Waals surface area contributed by atoms with Gasteiger partial charge in [0.2, 0.25) is 0 Å². The molecule has 7 nitrogen and oxygen atoms in total. The van der Waals surface area contributed by atoms with Crippen molar-refractivity contribution in [2.45, 2.75) is 12.5 Å². The summed E-state index contributed by atoms with van der Waals surface area (Å²) < 4.78 is 27.3. The number of sulfone groups is 1. The van der Waals surface area contributed by atoms with Gasteiger partial charge in [0, 0.05) is 6.04 Å². The van der Waals surface area contributed by atoms with Gasteiger partial charge < -0.3 is 15.4 Å². The van der Waals surface area contributed by atoms with Gasteiger partial charge in [-0.2, -0.15) is 0 Å². The highest BCUT2D eigenvalue weighted by Crippen LogP contribution is 2.23. The van der Waals surface area contributed by atoms with Gasteiger partial charge in [0.25, 0.3) is 0 Å². The summed E-state index contributed by atoms with van der Waals surface area (Å²) in [4.78, 5) is 23.3. The number of anilines is 1. The number of nitrogens with one attached hydrogen (secondary N) is 2. The van der Waals surface area contributed by atoms with E-state index in [4.69, 9.17) is 11.6 Å². The molecule has 2 amide bonds. The van der Waals surface area contributed by atoms with Crippen LogP contribution >= 0.6 is 11.6 Å². The van der Waals surface area contributed by atoms with Gasteiger partial charge in [-0.3, -0.25) is 0 Å². The second-order valence-electron chi connectivity index (χ2n) is 4.88. The summed E-state index contributed by atoms with van der Waals surface area (Å²) in [5, 5.41) is 5.32. The molecule has 0 radical (unpaired) electrons. The molecule has 0 aliphatic carbocycles. The number of hydrogen-bond donors (Lipinski definition) is 2. The molecule has 1 aromatic rings. The minimum Gasteiger partial charge on any atom is -0.465 e. The number of urea groups is 1. The molecule has 22 heavy (non-hydrogen) atoms. The summed E-state index contributed by atoms with van der Waals surface area (Å²) in [5.41, 5.74) is 0.480. The molecule has 2 rings (SSSR count). The van der Waals surface area contributed by atoms with E-state index in [2.05, 4.69) is 15.4 Å². The third-order valence-corrected chi connectivity index (χ3v) is 5.30. The third kappa shape index (κ3) is 4.11. The van der Waals surface area contributed by atoms with Crippen LogP contribution in [0.2, 0.25) is 5.02 Å². The van der Waals surface area contributed by atoms with Crippen LogP contribution in [-0.4, -0.2) is 45.1 Å². The molecule has 1 heterocycles. The zero-order valence-corrected chi connectivity index (χ0v) is 13.3. The molecule has 1 aromatic carbocycles. The fraction of sp³-hybridized carbons (Fsp3) is 0.385. The molecule has 2 N–H and O–H groups in total. The van der Waals surface area contributed by atoms with Crippen molar-refractivity contribution >= 4 is 39.1 Å². The van der Waals surface area contributed by atoms with E-state index in [0.29, 0.717) is 6.42 Å². The molecule has 1 atom stereocenters. The van der Waals surface area contributed by atoms with Crippen LogP contribution in [0.5, 0.6) is 0 Å². The van der Waals surface area contributed by atoms with Crippen LogP contribution < -0.4 is 10.6 Å². The van der Waals surface area contributed by atoms with Gasteiger partial charge in [0.15, 0.2) is 9.84 Å². The Hall–Kier alpha value is -1.80. The van der Waals surface area contributed by atoms with E-state index in [1.54, 1.807) is 0 Å². The first-order chi connectivity index (χ1) is 10.3. The molecule has 1 unspecified atom stereocenters. The van der Waals surface area contributed by atoms with Crippen LogP contribution in [-0.2, 0) is 14.6 Å². The fourth-order valence-corrected chi connectivity index (χ4v) is 3.96. The topological polar surface area (TPSA) is 102 Å². The molecule has 0 saturated carbocycles. The Kier molecular flexibility index (Phi) is 4.92. The highest BCUT2D eigenvalue weighted by atomic mass is 35.5. The predicted octanol–water partition coefficient (Wildman–Crippen LogP) is 1.44. The second kappa shape index (κ2) is 6.53. The van der Waals surface area contributed by atoms with Crippen molar-refractivity contribution in [3.05, 3.63) is 28.8 Å². The van der Waals surface area contributed by atoms with Gasteiger partial charge in [-0.25, -0.2) is 18.0 Å². The molecule has 1 aliphatic rings. The van der Waals surface area contributed by atoms with E-state index in [0.717, 1.165) is 0 Å². The number of ether oxygens (including phenoxy) is 1. The van der Waals surface area contributed by atoms with Gasteiger partial charge in [0.1, 0.15) is 0 Å². The lowest BCUT2D eigenvalue weighted by molar-refractivity contribution is 0.0600. The van der Waals surface area contributed by atoms with Gasteiger partial charge >= 0.3 is 12.0 Å². The van der Waals surface area contributed by atoms with E-state index >= 15 is 0 Å². The monoisotopic (exact) mass is 346 g/mol. The van der Waals surface area contributed by atoms with Gasteiger partial charge in [-0.15, -0.1) is 0 Å². The van der Waals surface area contributed by atoms with Gasteiger partial charge in [-0.1, -0.05) is 11.6 Å². The van der Waals surface area contributed by atoms with Crippen molar-refractivity contribution in [2.24, 2.45) is 0 Å². The molecule has 9 heteroatoms. The minimum atomic E-state index is -3.07. The summed E-state index contributed by atoms with van der Waals surface area (Å²) in [6.45, 7) is 0. The van der Waals surface area contributed by atoms with Crippen molar-refractivity contribution < 1.29 is 22.7 Å². The zero-order valence-electron chi connectivity index (χ0n) is 11.8. The summed E-state index contributed by atoms with van der Waals surface area (Å²) in [6, 6.07) is 3.32. The van der Waals surface area contributed by atoms with Crippen molar-refractivity contribution in [3.63, 3.8) is 0 Å². The van der Waals surface area contributed by atoms with Crippen molar-refractivity contribution in [1.82, 2.24) is 5.32 Å². The van der Waals surface area contributed by atoms with Crippen molar-refractivity contribution in [1.29, 1.82) is 0 Å². The largest absolute Gasteiger partial charge is 0.465 e. The highest BCUT2D eigenvalue weighted by Gasteiger charge is 2.29. The molecule has 1 saturated heterocycles. The Labute approximate surface area is 132 Å². The van der Waals surface area contributed by atoms with Gasteiger partial charge in [-0.05, 0) is 24.6 Å². The summed E-state index contributed by atoms with van der Waals surface area (Å²) in [7, 11) is -1.83. The van der Waals surface area contributed by atoms with Crippen molar-refractivity contribution in [2.75, 3.05) is 23.9 Å². The molecule has 0 aromatic heterocycles. The lowest BCUT2D eigenvalue weighted by Gasteiger charge is -2.13. The molecule has 1 aliphatic heterocycles. The number of hydrogen-bond acceptors (Lipinski definition) is 5. The maximum atomic E-state index is 11.9. The lowest BCUT2D eigenvalue weighted by Crippen LogP contribution is -2.38. The van der Waals surface area contributed by atoms with Crippen LogP contribution in [0.3, 0.4) is 0 Å². The highest BCUT2D eigenvalue weighted by molar-refractivity contribution is 7.91. The fourth-order valence-electron chi connectivity index (χ4n) is 2.12. The first-order valence-corrected chi connectivity index (χ1v) is 8.66. The van der Waals surface area contributed by atoms with Crippen LogP contribution in [0.1, 0.15) is 16.8 Å². The van der Waals surface area contributed by atoms with E-state index in [1.165, 1.54) is 25.3 Å². The Morgan fingerprint density at radius 1 is 1.36 bits per heavy atom. The van der Waals surface area contributed by atoms with E-state index < -0.39 is 27.9 Å². The van der Waals surface area contributed by atoms with Crippen LogP contribution in [0.15, 0.2) is 18.2 Å². The average molecular weight is 347 g/mol.